The van der Waals surface area contributed by atoms with Gasteiger partial charge in [-0.3, -0.25) is 4.79 Å². The van der Waals surface area contributed by atoms with Crippen LogP contribution in [0.4, 0.5) is 18.9 Å². The molecule has 0 heterocycles. The van der Waals surface area contributed by atoms with Gasteiger partial charge in [-0.1, -0.05) is 18.2 Å². The summed E-state index contributed by atoms with van der Waals surface area (Å²) in [5.41, 5.74) is -0.0458. The van der Waals surface area contributed by atoms with Crippen molar-refractivity contribution in [3.05, 3.63) is 71.6 Å². The van der Waals surface area contributed by atoms with Crippen molar-refractivity contribution < 1.29 is 18.0 Å². The van der Waals surface area contributed by atoms with Crippen molar-refractivity contribution >= 4 is 17.7 Å². The molecule has 1 amide bonds. The zero-order valence-corrected chi connectivity index (χ0v) is 10.2. The van der Waals surface area contributed by atoms with Crippen LogP contribution in [-0.2, 0) is 4.79 Å². The monoisotopic (exact) mass is 277 g/mol. The van der Waals surface area contributed by atoms with Gasteiger partial charge in [0.2, 0.25) is 5.91 Å². The van der Waals surface area contributed by atoms with E-state index in [1.54, 1.807) is 6.07 Å². The van der Waals surface area contributed by atoms with Crippen molar-refractivity contribution in [2.24, 2.45) is 0 Å². The number of amides is 1. The summed E-state index contributed by atoms with van der Waals surface area (Å²) in [6, 6.07) is 8.85. The summed E-state index contributed by atoms with van der Waals surface area (Å²) in [5, 5.41) is 2.09. The Kier molecular flexibility index (Phi) is 4.20. The molecular weight excluding hydrogens is 267 g/mol. The van der Waals surface area contributed by atoms with E-state index in [1.165, 1.54) is 30.3 Å². The van der Waals surface area contributed by atoms with Crippen molar-refractivity contribution in [2.45, 2.75) is 0 Å². The maximum absolute atomic E-state index is 13.3. The zero-order chi connectivity index (χ0) is 14.5. The van der Waals surface area contributed by atoms with E-state index in [1.807, 2.05) is 0 Å². The van der Waals surface area contributed by atoms with Crippen molar-refractivity contribution in [1.29, 1.82) is 0 Å². The van der Waals surface area contributed by atoms with Gasteiger partial charge < -0.3 is 5.32 Å². The molecule has 0 radical (unpaired) electrons. The molecule has 0 bridgehead atoms. The van der Waals surface area contributed by atoms with E-state index in [-0.39, 0.29) is 0 Å². The lowest BCUT2D eigenvalue weighted by molar-refractivity contribution is -0.111. The smallest absolute Gasteiger partial charge is 0.248 e. The fourth-order valence-electron chi connectivity index (χ4n) is 1.56. The number of carbonyl (C=O) groups is 1. The van der Waals surface area contributed by atoms with Crippen molar-refractivity contribution in [1.82, 2.24) is 0 Å². The molecule has 0 spiro atoms. The standard InChI is InChI=1S/C15H10F3NO/c16-11-4-1-3-10(9-11)7-8-14(20)19-15-12(17)5-2-6-13(15)18/h1-9H,(H,19,20)/b8-7+. The van der Waals surface area contributed by atoms with Crippen molar-refractivity contribution in [3.63, 3.8) is 0 Å². The van der Waals surface area contributed by atoms with Gasteiger partial charge in [0.15, 0.2) is 0 Å². The van der Waals surface area contributed by atoms with Crippen molar-refractivity contribution in [2.75, 3.05) is 5.32 Å². The third kappa shape index (κ3) is 3.47. The Morgan fingerprint density at radius 3 is 2.30 bits per heavy atom. The summed E-state index contributed by atoms with van der Waals surface area (Å²) in [6.45, 7) is 0. The summed E-state index contributed by atoms with van der Waals surface area (Å²) in [6.07, 6.45) is 2.41. The van der Waals surface area contributed by atoms with Gasteiger partial charge in [0.25, 0.3) is 0 Å². The molecular formula is C15H10F3NO. The molecule has 1 N–H and O–H groups in total. The molecule has 0 atom stereocenters. The summed E-state index contributed by atoms with van der Waals surface area (Å²) >= 11 is 0. The van der Waals surface area contributed by atoms with Crippen LogP contribution in [0.3, 0.4) is 0 Å². The molecule has 2 aromatic carbocycles. The topological polar surface area (TPSA) is 29.1 Å². The number of carbonyl (C=O) groups excluding carboxylic acids is 1. The number of benzene rings is 2. The van der Waals surface area contributed by atoms with Crippen LogP contribution in [-0.4, -0.2) is 5.91 Å². The lowest BCUT2D eigenvalue weighted by Gasteiger charge is -2.04. The Balaban J connectivity index is 2.10. The van der Waals surface area contributed by atoms with Gasteiger partial charge in [0.1, 0.15) is 23.1 Å². The maximum atomic E-state index is 13.3. The van der Waals surface area contributed by atoms with Gasteiger partial charge in [-0.2, -0.15) is 0 Å². The molecule has 2 aromatic rings. The fourth-order valence-corrected chi connectivity index (χ4v) is 1.56. The predicted octanol–water partition coefficient (Wildman–Crippen LogP) is 3.76. The fraction of sp³-hybridized carbons (Fsp3) is 0. The first-order valence-electron chi connectivity index (χ1n) is 5.75. The highest BCUT2D eigenvalue weighted by molar-refractivity contribution is 6.02. The number of para-hydroxylation sites is 1. The molecule has 0 saturated heterocycles. The van der Waals surface area contributed by atoms with Crippen LogP contribution < -0.4 is 5.32 Å². The largest absolute Gasteiger partial charge is 0.318 e. The molecule has 0 aliphatic heterocycles. The van der Waals surface area contributed by atoms with Gasteiger partial charge in [0.05, 0.1) is 0 Å². The third-order valence-corrected chi connectivity index (χ3v) is 2.49. The highest BCUT2D eigenvalue weighted by Gasteiger charge is 2.09. The van der Waals surface area contributed by atoms with Crippen LogP contribution >= 0.6 is 0 Å². The predicted molar refractivity (Wildman–Crippen MR) is 70.4 cm³/mol. The Bertz CT molecular complexity index is 648. The summed E-state index contributed by atoms with van der Waals surface area (Å²) in [4.78, 5) is 11.6. The average Bonchev–Trinajstić information content (AvgIpc) is 2.41. The Labute approximate surface area is 113 Å². The Hall–Kier alpha value is -2.56. The summed E-state index contributed by atoms with van der Waals surface area (Å²) < 4.78 is 39.5. The highest BCUT2D eigenvalue weighted by atomic mass is 19.1. The third-order valence-electron chi connectivity index (χ3n) is 2.49. The minimum atomic E-state index is -0.863. The van der Waals surface area contributed by atoms with Gasteiger partial charge in [-0.05, 0) is 35.9 Å². The first-order chi connectivity index (χ1) is 9.56. The van der Waals surface area contributed by atoms with Crippen LogP contribution in [0, 0.1) is 17.5 Å². The summed E-state index contributed by atoms with van der Waals surface area (Å²) in [7, 11) is 0. The van der Waals surface area contributed by atoms with E-state index >= 15 is 0 Å². The van der Waals surface area contributed by atoms with Crippen LogP contribution in [0.1, 0.15) is 5.56 Å². The molecule has 2 nitrogen and oxygen atoms in total. The molecule has 102 valence electrons. The molecule has 0 aliphatic carbocycles. The first kappa shape index (κ1) is 13.9. The normalized spacial score (nSPS) is 10.8. The zero-order valence-electron chi connectivity index (χ0n) is 10.2. The van der Waals surface area contributed by atoms with E-state index in [0.29, 0.717) is 5.56 Å². The number of rotatable bonds is 3. The van der Waals surface area contributed by atoms with Crippen LogP contribution in [0.2, 0.25) is 0 Å². The quantitative estimate of drug-likeness (QED) is 0.850. The van der Waals surface area contributed by atoms with Gasteiger partial charge >= 0.3 is 0 Å². The van der Waals surface area contributed by atoms with Crippen LogP contribution in [0.15, 0.2) is 48.5 Å². The molecule has 0 fully saturated rings. The highest BCUT2D eigenvalue weighted by Crippen LogP contribution is 2.18. The second kappa shape index (κ2) is 6.06. The number of nitrogens with one attached hydrogen (secondary N) is 1. The van der Waals surface area contributed by atoms with Crippen LogP contribution in [0.25, 0.3) is 6.08 Å². The molecule has 0 aromatic heterocycles. The first-order valence-corrected chi connectivity index (χ1v) is 5.75. The Morgan fingerprint density at radius 1 is 1.00 bits per heavy atom. The van der Waals surface area contributed by atoms with E-state index in [9.17, 15) is 18.0 Å². The van der Waals surface area contributed by atoms with Gasteiger partial charge in [0, 0.05) is 6.08 Å². The van der Waals surface area contributed by atoms with Gasteiger partial charge in [-0.15, -0.1) is 0 Å². The van der Waals surface area contributed by atoms with E-state index in [4.69, 9.17) is 0 Å². The minimum Gasteiger partial charge on any atom is -0.318 e. The maximum Gasteiger partial charge on any atom is 0.248 e. The second-order valence-electron chi connectivity index (χ2n) is 3.97. The lowest BCUT2D eigenvalue weighted by atomic mass is 10.2. The molecule has 2 rings (SSSR count). The summed E-state index contributed by atoms with van der Waals surface area (Å²) in [5.74, 6) is -2.87. The lowest BCUT2D eigenvalue weighted by Crippen LogP contribution is -2.10. The minimum absolute atomic E-state index is 0.437. The van der Waals surface area contributed by atoms with Crippen molar-refractivity contribution in [3.8, 4) is 0 Å². The Morgan fingerprint density at radius 2 is 1.65 bits per heavy atom. The average molecular weight is 277 g/mol. The van der Waals surface area contributed by atoms with E-state index < -0.39 is 29.0 Å². The van der Waals surface area contributed by atoms with Crippen LogP contribution in [0.5, 0.6) is 0 Å². The molecule has 0 aliphatic rings. The molecule has 0 saturated carbocycles. The number of halogens is 3. The molecule has 0 unspecified atom stereocenters. The second-order valence-corrected chi connectivity index (χ2v) is 3.97. The van der Waals surface area contributed by atoms with E-state index in [0.717, 1.165) is 18.2 Å². The number of anilines is 1. The van der Waals surface area contributed by atoms with Gasteiger partial charge in [-0.25, -0.2) is 13.2 Å². The molecule has 5 heteroatoms. The number of hydrogen-bond acceptors (Lipinski definition) is 1. The van der Waals surface area contributed by atoms with E-state index in [2.05, 4.69) is 5.32 Å². The molecule has 20 heavy (non-hydrogen) atoms. The SMILES string of the molecule is O=C(/C=C/c1cccc(F)c1)Nc1c(F)cccc1F. The number of hydrogen-bond donors (Lipinski definition) is 1.